The van der Waals surface area contributed by atoms with E-state index in [0.717, 1.165) is 31.2 Å². The van der Waals surface area contributed by atoms with Gasteiger partial charge >= 0.3 is 0 Å². The summed E-state index contributed by atoms with van der Waals surface area (Å²) >= 11 is 0. The molecule has 2 atom stereocenters. The van der Waals surface area contributed by atoms with Crippen LogP contribution in [0.15, 0.2) is 10.9 Å². The van der Waals surface area contributed by atoms with E-state index in [-0.39, 0.29) is 12.1 Å². The fourth-order valence-corrected chi connectivity index (χ4v) is 3.28. The van der Waals surface area contributed by atoms with Gasteiger partial charge in [0.1, 0.15) is 18.2 Å². The Balaban J connectivity index is 1.55. The van der Waals surface area contributed by atoms with Gasteiger partial charge in [0.2, 0.25) is 5.89 Å². The number of hydrogen-bond donors (Lipinski definition) is 0. The first-order chi connectivity index (χ1) is 11.8. The predicted molar refractivity (Wildman–Crippen MR) is 85.2 cm³/mol. The molecule has 8 heteroatoms. The normalized spacial score (nSPS) is 25.2. The van der Waals surface area contributed by atoms with Crippen molar-refractivity contribution in [2.45, 2.75) is 64.3 Å². The largest absolute Gasteiger partial charge is 0.375 e. The van der Waals surface area contributed by atoms with Gasteiger partial charge < -0.3 is 9.26 Å². The summed E-state index contributed by atoms with van der Waals surface area (Å²) in [5, 5.41) is 8.48. The second-order valence-electron chi connectivity index (χ2n) is 6.66. The van der Waals surface area contributed by atoms with Gasteiger partial charge in [-0.2, -0.15) is 10.1 Å². The summed E-state index contributed by atoms with van der Waals surface area (Å²) in [6, 6.07) is -0.0365. The minimum Gasteiger partial charge on any atom is -0.375 e. The zero-order chi connectivity index (χ0) is 16.5. The first kappa shape index (κ1) is 15.7. The van der Waals surface area contributed by atoms with E-state index in [0.29, 0.717) is 25.0 Å². The van der Waals surface area contributed by atoms with Crippen LogP contribution in [0.1, 0.15) is 62.6 Å². The molecule has 3 heterocycles. The lowest BCUT2D eigenvalue weighted by Crippen LogP contribution is -2.44. The molecule has 0 amide bonds. The highest BCUT2D eigenvalue weighted by Crippen LogP contribution is 2.39. The van der Waals surface area contributed by atoms with Crippen molar-refractivity contribution in [2.75, 3.05) is 13.2 Å². The molecule has 2 fully saturated rings. The van der Waals surface area contributed by atoms with Crippen LogP contribution in [0.2, 0.25) is 0 Å². The Morgan fingerprint density at radius 3 is 3.00 bits per heavy atom. The van der Waals surface area contributed by atoms with Crippen molar-refractivity contribution in [3.63, 3.8) is 0 Å². The quantitative estimate of drug-likeness (QED) is 0.799. The molecule has 0 spiro atoms. The first-order valence-electron chi connectivity index (χ1n) is 8.82. The van der Waals surface area contributed by atoms with E-state index in [1.54, 1.807) is 6.33 Å². The summed E-state index contributed by atoms with van der Waals surface area (Å²) in [5.74, 6) is 2.96. The lowest BCUT2D eigenvalue weighted by molar-refractivity contribution is -0.0774. The molecule has 130 valence electrons. The maximum absolute atomic E-state index is 5.85. The van der Waals surface area contributed by atoms with E-state index in [1.807, 2.05) is 4.68 Å². The maximum Gasteiger partial charge on any atom is 0.246 e. The summed E-state index contributed by atoms with van der Waals surface area (Å²) in [5.41, 5.74) is 0. The van der Waals surface area contributed by atoms with Crippen LogP contribution in [0.4, 0.5) is 0 Å². The molecule has 8 nitrogen and oxygen atoms in total. The van der Waals surface area contributed by atoms with E-state index in [9.17, 15) is 0 Å². The summed E-state index contributed by atoms with van der Waals surface area (Å²) in [6.07, 6.45) is 5.00. The highest BCUT2D eigenvalue weighted by molar-refractivity contribution is 5.06. The molecule has 2 aliphatic rings. The second kappa shape index (κ2) is 6.60. The molecule has 0 aromatic carbocycles. The molecule has 24 heavy (non-hydrogen) atoms. The summed E-state index contributed by atoms with van der Waals surface area (Å²) < 4.78 is 13.4. The van der Waals surface area contributed by atoms with E-state index in [4.69, 9.17) is 9.26 Å². The van der Waals surface area contributed by atoms with Crippen LogP contribution in [-0.4, -0.2) is 49.1 Å². The van der Waals surface area contributed by atoms with Crippen LogP contribution in [0.5, 0.6) is 0 Å². The zero-order valence-electron chi connectivity index (χ0n) is 14.3. The lowest BCUT2D eigenvalue weighted by Gasteiger charge is -2.37. The lowest BCUT2D eigenvalue weighted by atomic mass is 10.1. The molecule has 1 saturated heterocycles. The van der Waals surface area contributed by atoms with Gasteiger partial charge in [-0.1, -0.05) is 12.1 Å². The van der Waals surface area contributed by atoms with E-state index >= 15 is 0 Å². The smallest absolute Gasteiger partial charge is 0.246 e. The van der Waals surface area contributed by atoms with Gasteiger partial charge in [-0.15, -0.1) is 0 Å². The number of morpholine rings is 1. The number of rotatable bonds is 6. The Bertz CT molecular complexity index is 680. The van der Waals surface area contributed by atoms with Crippen molar-refractivity contribution in [1.82, 2.24) is 29.8 Å². The minimum atomic E-state index is -0.0365. The molecule has 0 N–H and O–H groups in total. The molecule has 2 aromatic rings. The summed E-state index contributed by atoms with van der Waals surface area (Å²) in [4.78, 5) is 11.4. The van der Waals surface area contributed by atoms with Gasteiger partial charge in [0.05, 0.1) is 19.3 Å². The fraction of sp³-hybridized carbons (Fsp3) is 0.750. The van der Waals surface area contributed by atoms with Crippen LogP contribution in [0.25, 0.3) is 0 Å². The average Bonchev–Trinajstić information content (AvgIpc) is 3.15. The third kappa shape index (κ3) is 3.08. The molecule has 1 aliphatic heterocycles. The highest BCUT2D eigenvalue weighted by atomic mass is 16.5. The van der Waals surface area contributed by atoms with Crippen molar-refractivity contribution in [2.24, 2.45) is 0 Å². The molecule has 1 aliphatic carbocycles. The van der Waals surface area contributed by atoms with E-state index < -0.39 is 0 Å². The Morgan fingerprint density at radius 1 is 1.33 bits per heavy atom. The number of aryl methyl sites for hydroxylation is 1. The van der Waals surface area contributed by atoms with Crippen LogP contribution >= 0.6 is 0 Å². The second-order valence-corrected chi connectivity index (χ2v) is 6.66. The molecule has 1 saturated carbocycles. The molecule has 2 aromatic heterocycles. The van der Waals surface area contributed by atoms with Crippen LogP contribution in [0.3, 0.4) is 0 Å². The topological polar surface area (TPSA) is 82.1 Å². The van der Waals surface area contributed by atoms with E-state index in [2.05, 4.69) is 39.0 Å². The van der Waals surface area contributed by atoms with Gasteiger partial charge in [0.25, 0.3) is 0 Å². The van der Waals surface area contributed by atoms with Gasteiger partial charge in [-0.25, -0.2) is 9.67 Å². The molecular formula is C16H24N6O2. The van der Waals surface area contributed by atoms with Crippen molar-refractivity contribution in [3.05, 3.63) is 23.9 Å². The monoisotopic (exact) mass is 332 g/mol. The molecule has 0 radical (unpaired) electrons. The Morgan fingerprint density at radius 2 is 2.21 bits per heavy atom. The number of ether oxygens (including phenoxy) is 1. The van der Waals surface area contributed by atoms with Crippen molar-refractivity contribution in [1.29, 1.82) is 0 Å². The Kier molecular flexibility index (Phi) is 4.32. The summed E-state index contributed by atoms with van der Waals surface area (Å²) in [7, 11) is 0. The fourth-order valence-electron chi connectivity index (χ4n) is 3.28. The number of hydrogen-bond acceptors (Lipinski definition) is 7. The Labute approximate surface area is 141 Å². The predicted octanol–water partition coefficient (Wildman–Crippen LogP) is 1.91. The van der Waals surface area contributed by atoms with Gasteiger partial charge in [-0.05, 0) is 26.2 Å². The third-order valence-electron chi connectivity index (χ3n) is 4.73. The molecular weight excluding hydrogens is 308 g/mol. The molecule has 4 rings (SSSR count). The van der Waals surface area contributed by atoms with Gasteiger partial charge in [-0.3, -0.25) is 4.90 Å². The van der Waals surface area contributed by atoms with Crippen LogP contribution in [0, 0.1) is 0 Å². The first-order valence-corrected chi connectivity index (χ1v) is 8.82. The average molecular weight is 332 g/mol. The van der Waals surface area contributed by atoms with E-state index in [1.165, 1.54) is 12.8 Å². The van der Waals surface area contributed by atoms with Crippen molar-refractivity contribution in [3.8, 4) is 0 Å². The highest BCUT2D eigenvalue weighted by Gasteiger charge is 2.37. The summed E-state index contributed by atoms with van der Waals surface area (Å²) in [6.45, 7) is 7.31. The van der Waals surface area contributed by atoms with Gasteiger partial charge in [0, 0.05) is 19.0 Å². The van der Waals surface area contributed by atoms with Crippen molar-refractivity contribution >= 4 is 0 Å². The zero-order valence-corrected chi connectivity index (χ0v) is 14.3. The van der Waals surface area contributed by atoms with Crippen LogP contribution < -0.4 is 0 Å². The van der Waals surface area contributed by atoms with Crippen molar-refractivity contribution < 1.29 is 9.26 Å². The minimum absolute atomic E-state index is 0.00815. The number of aromatic nitrogens is 5. The molecule has 0 unspecified atom stereocenters. The Hall–Kier alpha value is -1.80. The van der Waals surface area contributed by atoms with Crippen LogP contribution in [-0.2, 0) is 17.8 Å². The SMILES string of the molecule is CCCn1ncnc1CN1CCO[C@H](C)[C@H]1c1nc(C2CC2)no1. The molecule has 0 bridgehead atoms. The van der Waals surface area contributed by atoms with Gasteiger partial charge in [0.15, 0.2) is 5.82 Å². The standard InChI is InChI=1S/C16H24N6O2/c1-3-6-22-13(17-10-18-22)9-21-7-8-23-11(2)14(21)16-19-15(20-24-16)12-4-5-12/h10-12,14H,3-9H2,1-2H3/t11-,14+/m1/s1. The third-order valence-corrected chi connectivity index (χ3v) is 4.73. The maximum atomic E-state index is 5.85. The number of nitrogens with zero attached hydrogens (tertiary/aromatic N) is 6.